The van der Waals surface area contributed by atoms with E-state index in [1.165, 1.54) is 12.8 Å². The fraction of sp³-hybridized carbons (Fsp3) is 0.250. The number of aromatic nitrogens is 3. The predicted octanol–water partition coefficient (Wildman–Crippen LogP) is 1.78. The smallest absolute Gasteiger partial charge is 0.106 e. The van der Waals surface area contributed by atoms with Crippen molar-refractivity contribution in [3.05, 3.63) is 42.0 Å². The number of nitrogens with zero attached hydrogens (tertiary/aromatic N) is 3. The molecule has 86 valence electrons. The third-order valence-corrected chi connectivity index (χ3v) is 3.14. The molecule has 1 fully saturated rings. The minimum atomic E-state index is 0.367. The zero-order valence-corrected chi connectivity index (χ0v) is 10.0. The number of nitrogens with two attached hydrogens (primary N) is 1. The summed E-state index contributed by atoms with van der Waals surface area (Å²) in [7, 11) is 0. The molecule has 0 atom stereocenters. The quantitative estimate of drug-likeness (QED) is 0.836. The molecule has 2 N–H and O–H groups in total. The van der Waals surface area contributed by atoms with Gasteiger partial charge >= 0.3 is 0 Å². The van der Waals surface area contributed by atoms with Crippen LogP contribution in [0, 0.1) is 0 Å². The van der Waals surface area contributed by atoms with Crippen LogP contribution in [-0.2, 0) is 0 Å². The van der Waals surface area contributed by atoms with E-state index >= 15 is 0 Å². The largest absolute Gasteiger partial charge is 0.389 e. The van der Waals surface area contributed by atoms with Gasteiger partial charge in [0.1, 0.15) is 4.99 Å². The predicted molar refractivity (Wildman–Crippen MR) is 69.2 cm³/mol. The molecule has 0 spiro atoms. The van der Waals surface area contributed by atoms with Crippen LogP contribution in [0.15, 0.2) is 30.7 Å². The lowest BCUT2D eigenvalue weighted by Gasteiger charge is -2.06. The number of hydrogen-bond acceptors (Lipinski definition) is 3. The molecule has 2 heterocycles. The highest BCUT2D eigenvalue weighted by atomic mass is 32.1. The minimum absolute atomic E-state index is 0.367. The third-order valence-electron chi connectivity index (χ3n) is 2.92. The van der Waals surface area contributed by atoms with Crippen molar-refractivity contribution in [1.82, 2.24) is 14.8 Å². The normalized spacial score (nSPS) is 14.8. The maximum atomic E-state index is 5.69. The fourth-order valence-corrected chi connectivity index (χ4v) is 2.02. The summed E-state index contributed by atoms with van der Waals surface area (Å²) >= 11 is 5.03. The number of hydrogen-bond donors (Lipinski definition) is 1. The monoisotopic (exact) mass is 244 g/mol. The van der Waals surface area contributed by atoms with Crippen LogP contribution in [0.5, 0.6) is 0 Å². The zero-order chi connectivity index (χ0) is 11.8. The topological polar surface area (TPSA) is 56.7 Å². The van der Waals surface area contributed by atoms with Crippen molar-refractivity contribution in [2.75, 3.05) is 0 Å². The van der Waals surface area contributed by atoms with E-state index < -0.39 is 0 Å². The first-order valence-corrected chi connectivity index (χ1v) is 5.96. The first-order chi connectivity index (χ1) is 8.25. The second kappa shape index (κ2) is 3.92. The molecule has 5 heteroatoms. The molecule has 1 aliphatic carbocycles. The molecule has 2 aromatic rings. The molecule has 0 aromatic carbocycles. The van der Waals surface area contributed by atoms with Gasteiger partial charge in [0.2, 0.25) is 0 Å². The van der Waals surface area contributed by atoms with Crippen LogP contribution in [0.25, 0.3) is 5.69 Å². The van der Waals surface area contributed by atoms with E-state index in [0.717, 1.165) is 16.9 Å². The highest BCUT2D eigenvalue weighted by molar-refractivity contribution is 7.80. The molecule has 0 radical (unpaired) electrons. The molecular formula is C12H12N4S. The van der Waals surface area contributed by atoms with E-state index in [1.54, 1.807) is 17.1 Å². The molecule has 0 bridgehead atoms. The Hall–Kier alpha value is -1.75. The number of pyridine rings is 1. The van der Waals surface area contributed by atoms with Crippen LogP contribution >= 0.6 is 12.2 Å². The van der Waals surface area contributed by atoms with E-state index in [9.17, 15) is 0 Å². The van der Waals surface area contributed by atoms with Crippen molar-refractivity contribution in [1.29, 1.82) is 0 Å². The molecule has 4 nitrogen and oxygen atoms in total. The highest BCUT2D eigenvalue weighted by Gasteiger charge is 2.26. The van der Waals surface area contributed by atoms with Gasteiger partial charge < -0.3 is 5.73 Å². The van der Waals surface area contributed by atoms with Crippen molar-refractivity contribution in [2.24, 2.45) is 5.73 Å². The molecule has 3 rings (SSSR count). The number of rotatable bonds is 3. The van der Waals surface area contributed by atoms with E-state index in [2.05, 4.69) is 10.1 Å². The Morgan fingerprint density at radius 3 is 2.94 bits per heavy atom. The average Bonchev–Trinajstić information content (AvgIpc) is 3.07. The first kappa shape index (κ1) is 10.4. The zero-order valence-electron chi connectivity index (χ0n) is 9.21. The van der Waals surface area contributed by atoms with Crippen molar-refractivity contribution in [2.45, 2.75) is 18.8 Å². The number of thiocarbonyl (C=S) groups is 1. The summed E-state index contributed by atoms with van der Waals surface area (Å²) in [6.07, 6.45) is 7.84. The molecule has 0 saturated heterocycles. The summed E-state index contributed by atoms with van der Waals surface area (Å²) in [4.78, 5) is 4.46. The summed E-state index contributed by atoms with van der Waals surface area (Å²) in [5.41, 5.74) is 8.48. The first-order valence-electron chi connectivity index (χ1n) is 5.55. The van der Waals surface area contributed by atoms with E-state index in [0.29, 0.717) is 10.9 Å². The lowest BCUT2D eigenvalue weighted by atomic mass is 10.2. The van der Waals surface area contributed by atoms with Gasteiger partial charge in [0, 0.05) is 23.9 Å². The van der Waals surface area contributed by atoms with Crippen molar-refractivity contribution in [3.63, 3.8) is 0 Å². The van der Waals surface area contributed by atoms with Gasteiger partial charge in [0.05, 0.1) is 17.6 Å². The molecule has 1 aliphatic rings. The van der Waals surface area contributed by atoms with E-state index in [-0.39, 0.29) is 0 Å². The van der Waals surface area contributed by atoms with Crippen molar-refractivity contribution >= 4 is 17.2 Å². The lowest BCUT2D eigenvalue weighted by Crippen LogP contribution is -2.14. The van der Waals surface area contributed by atoms with Crippen molar-refractivity contribution < 1.29 is 0 Å². The van der Waals surface area contributed by atoms with Gasteiger partial charge in [-0.25, -0.2) is 4.68 Å². The molecule has 0 amide bonds. The molecule has 0 aliphatic heterocycles. The van der Waals surface area contributed by atoms with Gasteiger partial charge in [-0.05, 0) is 25.0 Å². The van der Waals surface area contributed by atoms with Crippen LogP contribution < -0.4 is 5.73 Å². The molecule has 0 unspecified atom stereocenters. The summed E-state index contributed by atoms with van der Waals surface area (Å²) in [6, 6.07) is 3.87. The third kappa shape index (κ3) is 1.93. The molecular weight excluding hydrogens is 232 g/mol. The van der Waals surface area contributed by atoms with Crippen LogP contribution in [-0.4, -0.2) is 19.8 Å². The van der Waals surface area contributed by atoms with Gasteiger partial charge in [-0.1, -0.05) is 12.2 Å². The van der Waals surface area contributed by atoms with Gasteiger partial charge in [0.15, 0.2) is 0 Å². The SMILES string of the molecule is NC(=S)c1ccncc1-n1ccc(C2CC2)n1. The Morgan fingerprint density at radius 2 is 2.24 bits per heavy atom. The van der Waals surface area contributed by atoms with Gasteiger partial charge in [0.25, 0.3) is 0 Å². The van der Waals surface area contributed by atoms with Crippen molar-refractivity contribution in [3.8, 4) is 5.69 Å². The van der Waals surface area contributed by atoms with Crippen LogP contribution in [0.1, 0.15) is 30.0 Å². The maximum absolute atomic E-state index is 5.69. The Kier molecular flexibility index (Phi) is 2.40. The Labute approximate surface area is 104 Å². The van der Waals surface area contributed by atoms with Crippen LogP contribution in [0.2, 0.25) is 0 Å². The standard InChI is InChI=1S/C12H12N4S/c13-12(17)9-3-5-14-7-11(9)16-6-4-10(15-16)8-1-2-8/h3-8H,1-2H2,(H2,13,17). The van der Waals surface area contributed by atoms with E-state index in [4.69, 9.17) is 18.0 Å². The van der Waals surface area contributed by atoms with Crippen LogP contribution in [0.3, 0.4) is 0 Å². The minimum Gasteiger partial charge on any atom is -0.389 e. The Balaban J connectivity index is 2.04. The Morgan fingerprint density at radius 1 is 1.41 bits per heavy atom. The van der Waals surface area contributed by atoms with Crippen LogP contribution in [0.4, 0.5) is 0 Å². The summed E-state index contributed by atoms with van der Waals surface area (Å²) in [6.45, 7) is 0. The maximum Gasteiger partial charge on any atom is 0.106 e. The lowest BCUT2D eigenvalue weighted by molar-refractivity contribution is 0.831. The second-order valence-electron chi connectivity index (χ2n) is 4.22. The molecule has 2 aromatic heterocycles. The average molecular weight is 244 g/mol. The van der Waals surface area contributed by atoms with Gasteiger partial charge in [-0.3, -0.25) is 4.98 Å². The highest BCUT2D eigenvalue weighted by Crippen LogP contribution is 2.39. The summed E-state index contributed by atoms with van der Waals surface area (Å²) in [5.74, 6) is 0.640. The fourth-order valence-electron chi connectivity index (χ4n) is 1.85. The van der Waals surface area contributed by atoms with E-state index in [1.807, 2.05) is 18.3 Å². The van der Waals surface area contributed by atoms with Gasteiger partial charge in [-0.2, -0.15) is 5.10 Å². The molecule has 17 heavy (non-hydrogen) atoms. The Bertz CT molecular complexity index is 571. The summed E-state index contributed by atoms with van der Waals surface area (Å²) < 4.78 is 1.80. The summed E-state index contributed by atoms with van der Waals surface area (Å²) in [5, 5.41) is 4.55. The second-order valence-corrected chi connectivity index (χ2v) is 4.66. The molecule has 1 saturated carbocycles. The van der Waals surface area contributed by atoms with Gasteiger partial charge in [-0.15, -0.1) is 0 Å².